The van der Waals surface area contributed by atoms with Crippen LogP contribution in [0.25, 0.3) is 6.08 Å². The van der Waals surface area contributed by atoms with Crippen molar-refractivity contribution in [1.29, 1.82) is 0 Å². The largest absolute Gasteiger partial charge is 0.548 e. The van der Waals surface area contributed by atoms with Crippen LogP contribution in [0, 0.1) is 5.92 Å². The molecule has 7 heteroatoms. The van der Waals surface area contributed by atoms with Gasteiger partial charge < -0.3 is 14.6 Å². The van der Waals surface area contributed by atoms with Gasteiger partial charge >= 0.3 is 0 Å². The van der Waals surface area contributed by atoms with Gasteiger partial charge in [-0.05, 0) is 29.7 Å². The number of ether oxygens (including phenoxy) is 1. The summed E-state index contributed by atoms with van der Waals surface area (Å²) in [7, 11) is 0. The van der Waals surface area contributed by atoms with Crippen LogP contribution in [0.3, 0.4) is 0 Å². The number of carboxylic acid groups (broad SMARTS) is 1. The zero-order chi connectivity index (χ0) is 19.3. The van der Waals surface area contributed by atoms with E-state index in [0.717, 1.165) is 22.2 Å². The number of carboxylic acids is 1. The minimum Gasteiger partial charge on any atom is -0.548 e. The van der Waals surface area contributed by atoms with Crippen molar-refractivity contribution >= 4 is 46.3 Å². The minimum atomic E-state index is -1.29. The summed E-state index contributed by atoms with van der Waals surface area (Å²) in [5.74, 6) is -1.26. The Morgan fingerprint density at radius 3 is 2.62 bits per heavy atom. The summed E-state index contributed by atoms with van der Waals surface area (Å²) in [6.45, 7) is 7.64. The molecule has 1 aliphatic heterocycles. The monoisotopic (exact) mass is 390 g/mol. The van der Waals surface area contributed by atoms with Gasteiger partial charge in [-0.2, -0.15) is 0 Å². The normalized spacial score (nSPS) is 18.1. The van der Waals surface area contributed by atoms with Crippen molar-refractivity contribution in [3.63, 3.8) is 0 Å². The first-order valence-corrected chi connectivity index (χ1v) is 9.43. The number of thioether (sulfide) groups is 1. The van der Waals surface area contributed by atoms with Crippen molar-refractivity contribution < 1.29 is 19.4 Å². The van der Waals surface area contributed by atoms with Crippen LogP contribution in [-0.4, -0.2) is 33.7 Å². The Kier molecular flexibility index (Phi) is 6.99. The lowest BCUT2D eigenvalue weighted by molar-refractivity contribution is -0.311. The molecular weight excluding hydrogens is 370 g/mol. The van der Waals surface area contributed by atoms with Gasteiger partial charge in [-0.3, -0.25) is 9.69 Å². The van der Waals surface area contributed by atoms with Gasteiger partial charge in [0.25, 0.3) is 5.91 Å². The quantitative estimate of drug-likeness (QED) is 0.386. The molecule has 2 rings (SSSR count). The molecule has 26 heavy (non-hydrogen) atoms. The van der Waals surface area contributed by atoms with Gasteiger partial charge in [0, 0.05) is 0 Å². The molecule has 0 saturated carbocycles. The number of thiocarbonyl (C=S) groups is 1. The fourth-order valence-electron chi connectivity index (χ4n) is 2.50. The molecule has 0 N–H and O–H groups in total. The average Bonchev–Trinajstić information content (AvgIpc) is 2.88. The standard InChI is InChI=1S/C19H21NO4S2/c1-4-10-24-14-8-6-13(7-9-14)11-15-17(21)20(19(25)26-15)16(18(22)23)12(3)5-2/h4,6-9,11-12,16H,1,5,10H2,2-3H3,(H,22,23)/p-1/b15-11-/t12-,16-/m1/s1. The highest BCUT2D eigenvalue weighted by Crippen LogP contribution is 2.35. The lowest BCUT2D eigenvalue weighted by Crippen LogP contribution is -2.53. The Balaban J connectivity index is 2.23. The molecule has 1 heterocycles. The van der Waals surface area contributed by atoms with Gasteiger partial charge in [0.1, 0.15) is 16.7 Å². The van der Waals surface area contributed by atoms with Crippen molar-refractivity contribution in [2.75, 3.05) is 6.61 Å². The van der Waals surface area contributed by atoms with E-state index in [4.69, 9.17) is 17.0 Å². The second-order valence-corrected chi connectivity index (χ2v) is 7.55. The summed E-state index contributed by atoms with van der Waals surface area (Å²) in [6.07, 6.45) is 3.95. The van der Waals surface area contributed by atoms with Crippen molar-refractivity contribution in [3.05, 3.63) is 47.4 Å². The maximum atomic E-state index is 12.7. The highest BCUT2D eigenvalue weighted by atomic mass is 32.2. The number of carbonyl (C=O) groups excluding carboxylic acids is 2. The molecule has 1 aliphatic rings. The average molecular weight is 391 g/mol. The van der Waals surface area contributed by atoms with Crippen LogP contribution in [0.2, 0.25) is 0 Å². The van der Waals surface area contributed by atoms with E-state index >= 15 is 0 Å². The first-order valence-electron chi connectivity index (χ1n) is 8.20. The summed E-state index contributed by atoms with van der Waals surface area (Å²) in [6, 6.07) is 6.15. The van der Waals surface area contributed by atoms with Crippen LogP contribution >= 0.6 is 24.0 Å². The third kappa shape index (κ3) is 4.53. The smallest absolute Gasteiger partial charge is 0.266 e. The number of carbonyl (C=O) groups is 2. The topological polar surface area (TPSA) is 69.7 Å². The van der Waals surface area contributed by atoms with Gasteiger partial charge in [0.2, 0.25) is 0 Å². The van der Waals surface area contributed by atoms with Crippen molar-refractivity contribution in [2.45, 2.75) is 26.3 Å². The fraction of sp³-hybridized carbons (Fsp3) is 0.316. The van der Waals surface area contributed by atoms with E-state index < -0.39 is 17.9 Å². The van der Waals surface area contributed by atoms with Crippen LogP contribution < -0.4 is 9.84 Å². The summed E-state index contributed by atoms with van der Waals surface area (Å²) in [5.41, 5.74) is 0.796. The molecular formula is C19H20NO4S2-. The zero-order valence-electron chi connectivity index (χ0n) is 14.6. The molecule has 1 aromatic carbocycles. The van der Waals surface area contributed by atoms with Crippen LogP contribution in [0.15, 0.2) is 41.8 Å². The van der Waals surface area contributed by atoms with E-state index in [1.54, 1.807) is 31.2 Å². The Hall–Kier alpha value is -2.12. The molecule has 5 nitrogen and oxygen atoms in total. The SMILES string of the molecule is C=CCOc1ccc(/C=C2\SC(=S)N([C@@H](C(=O)[O-])[C@H](C)CC)C2=O)cc1. The van der Waals surface area contributed by atoms with Crippen molar-refractivity contribution in [2.24, 2.45) is 5.92 Å². The van der Waals surface area contributed by atoms with Gasteiger partial charge in [-0.15, -0.1) is 0 Å². The first kappa shape index (κ1) is 20.2. The fourth-order valence-corrected chi connectivity index (χ4v) is 3.83. The lowest BCUT2D eigenvalue weighted by atomic mass is 9.98. The number of benzene rings is 1. The molecule has 0 aliphatic carbocycles. The Morgan fingerprint density at radius 1 is 1.42 bits per heavy atom. The summed E-state index contributed by atoms with van der Waals surface area (Å²) in [5, 5.41) is 11.6. The second kappa shape index (κ2) is 9.00. The Labute approximate surface area is 162 Å². The second-order valence-electron chi connectivity index (χ2n) is 5.87. The van der Waals surface area contributed by atoms with Crippen LogP contribution in [0.4, 0.5) is 0 Å². The molecule has 0 radical (unpaired) electrons. The molecule has 1 fully saturated rings. The van der Waals surface area contributed by atoms with E-state index in [1.165, 1.54) is 0 Å². The number of nitrogens with zero attached hydrogens (tertiary/aromatic N) is 1. The lowest BCUT2D eigenvalue weighted by Gasteiger charge is -2.32. The number of amides is 1. The van der Waals surface area contributed by atoms with Gasteiger partial charge in [-0.25, -0.2) is 0 Å². The highest BCUT2D eigenvalue weighted by molar-refractivity contribution is 8.26. The third-order valence-electron chi connectivity index (χ3n) is 4.07. The molecule has 0 spiro atoms. The molecule has 2 atom stereocenters. The zero-order valence-corrected chi connectivity index (χ0v) is 16.3. The predicted molar refractivity (Wildman–Crippen MR) is 105 cm³/mol. The van der Waals surface area contributed by atoms with Gasteiger partial charge in [0.05, 0.1) is 16.9 Å². The molecule has 1 aromatic rings. The number of aliphatic carboxylic acids is 1. The highest BCUT2D eigenvalue weighted by Gasteiger charge is 2.39. The Bertz CT molecular complexity index is 742. The third-order valence-corrected chi connectivity index (χ3v) is 5.40. The van der Waals surface area contributed by atoms with Crippen LogP contribution in [0.5, 0.6) is 5.75 Å². The molecule has 0 aromatic heterocycles. The maximum Gasteiger partial charge on any atom is 0.266 e. The number of rotatable bonds is 8. The predicted octanol–water partition coefficient (Wildman–Crippen LogP) is 2.62. The molecule has 0 unspecified atom stereocenters. The summed E-state index contributed by atoms with van der Waals surface area (Å²) >= 11 is 6.35. The minimum absolute atomic E-state index is 0.238. The molecule has 138 valence electrons. The van der Waals surface area contributed by atoms with E-state index in [1.807, 2.05) is 19.1 Å². The van der Waals surface area contributed by atoms with Crippen LogP contribution in [0.1, 0.15) is 25.8 Å². The van der Waals surface area contributed by atoms with E-state index in [0.29, 0.717) is 23.7 Å². The Morgan fingerprint density at radius 2 is 2.08 bits per heavy atom. The van der Waals surface area contributed by atoms with Crippen molar-refractivity contribution in [3.8, 4) is 5.75 Å². The molecule has 1 amide bonds. The van der Waals surface area contributed by atoms with E-state index in [-0.39, 0.29) is 10.2 Å². The summed E-state index contributed by atoms with van der Waals surface area (Å²) < 4.78 is 5.66. The molecule has 0 bridgehead atoms. The first-order chi connectivity index (χ1) is 12.4. The van der Waals surface area contributed by atoms with Crippen LogP contribution in [-0.2, 0) is 9.59 Å². The van der Waals surface area contributed by atoms with E-state index in [9.17, 15) is 14.7 Å². The molecule has 1 saturated heterocycles. The van der Waals surface area contributed by atoms with Crippen molar-refractivity contribution in [1.82, 2.24) is 4.90 Å². The maximum absolute atomic E-state index is 12.7. The number of hydrogen-bond donors (Lipinski definition) is 0. The van der Waals surface area contributed by atoms with Gasteiger partial charge in [0.15, 0.2) is 0 Å². The van der Waals surface area contributed by atoms with Gasteiger partial charge in [-0.1, -0.05) is 69.0 Å². The number of hydrogen-bond acceptors (Lipinski definition) is 6. The van der Waals surface area contributed by atoms with E-state index in [2.05, 4.69) is 6.58 Å². The summed E-state index contributed by atoms with van der Waals surface area (Å²) in [4.78, 5) is 25.8.